The maximum absolute atomic E-state index is 13.7. The number of halogens is 1. The molecular weight excluding hydrogens is 243 g/mol. The van der Waals surface area contributed by atoms with E-state index in [-0.39, 0.29) is 18.5 Å². The van der Waals surface area contributed by atoms with E-state index in [1.807, 2.05) is 13.1 Å². The number of nitrogens with one attached hydrogen (secondary N) is 1. The van der Waals surface area contributed by atoms with Crippen molar-refractivity contribution in [2.24, 2.45) is 0 Å². The molecule has 3 nitrogen and oxygen atoms in total. The van der Waals surface area contributed by atoms with E-state index < -0.39 is 0 Å². The van der Waals surface area contributed by atoms with Crippen molar-refractivity contribution in [3.05, 3.63) is 35.1 Å². The van der Waals surface area contributed by atoms with Gasteiger partial charge in [-0.05, 0) is 32.0 Å². The third-order valence-corrected chi connectivity index (χ3v) is 3.71. The number of hydrogen-bond donors (Lipinski definition) is 1. The number of nitrogens with zero attached hydrogens (tertiary/aromatic N) is 1. The van der Waals surface area contributed by atoms with Crippen LogP contribution in [0.25, 0.3) is 0 Å². The molecule has 1 aromatic carbocycles. The second kappa shape index (κ2) is 6.65. The van der Waals surface area contributed by atoms with Gasteiger partial charge in [0.05, 0.1) is 24.3 Å². The van der Waals surface area contributed by atoms with Gasteiger partial charge in [-0.15, -0.1) is 0 Å². The lowest BCUT2D eigenvalue weighted by Crippen LogP contribution is -2.41. The summed E-state index contributed by atoms with van der Waals surface area (Å²) in [6.07, 6.45) is 4.66. The summed E-state index contributed by atoms with van der Waals surface area (Å²) >= 11 is 0. The van der Waals surface area contributed by atoms with E-state index in [0.717, 1.165) is 12.8 Å². The summed E-state index contributed by atoms with van der Waals surface area (Å²) in [6.45, 7) is 0.264. The molecule has 0 amide bonds. The van der Waals surface area contributed by atoms with Crippen molar-refractivity contribution in [3.63, 3.8) is 0 Å². The van der Waals surface area contributed by atoms with Crippen molar-refractivity contribution in [3.8, 4) is 6.07 Å². The van der Waals surface area contributed by atoms with Gasteiger partial charge in [-0.2, -0.15) is 5.26 Å². The van der Waals surface area contributed by atoms with E-state index in [0.29, 0.717) is 17.2 Å². The lowest BCUT2D eigenvalue weighted by Gasteiger charge is -2.31. The highest BCUT2D eigenvalue weighted by Gasteiger charge is 2.24. The quantitative estimate of drug-likeness (QED) is 0.907. The maximum atomic E-state index is 13.7. The smallest absolute Gasteiger partial charge is 0.130 e. The molecule has 0 heterocycles. The Morgan fingerprint density at radius 1 is 1.42 bits per heavy atom. The van der Waals surface area contributed by atoms with E-state index in [2.05, 4.69) is 5.32 Å². The molecule has 0 bridgehead atoms. The molecule has 0 aromatic heterocycles. The molecule has 2 rings (SSSR count). The first kappa shape index (κ1) is 14.0. The van der Waals surface area contributed by atoms with Crippen LogP contribution in [0.5, 0.6) is 0 Å². The van der Waals surface area contributed by atoms with Crippen molar-refractivity contribution in [1.82, 2.24) is 5.32 Å². The van der Waals surface area contributed by atoms with Gasteiger partial charge in [-0.3, -0.25) is 0 Å². The van der Waals surface area contributed by atoms with Crippen molar-refractivity contribution >= 4 is 0 Å². The first-order valence-corrected chi connectivity index (χ1v) is 6.72. The third kappa shape index (κ3) is 3.52. The number of likely N-dealkylation sites (N-methyl/N-ethyl adjacent to an activating group) is 1. The van der Waals surface area contributed by atoms with E-state index in [9.17, 15) is 4.39 Å². The molecule has 0 radical (unpaired) electrons. The van der Waals surface area contributed by atoms with Crippen LogP contribution in [0, 0.1) is 17.1 Å². The number of benzene rings is 1. The summed E-state index contributed by atoms with van der Waals surface area (Å²) in [4.78, 5) is 0. The Morgan fingerprint density at radius 3 is 2.89 bits per heavy atom. The van der Waals surface area contributed by atoms with E-state index in [4.69, 9.17) is 10.00 Å². The van der Waals surface area contributed by atoms with E-state index in [1.54, 1.807) is 12.1 Å². The highest BCUT2D eigenvalue weighted by molar-refractivity contribution is 5.32. The Hall–Kier alpha value is -1.44. The van der Waals surface area contributed by atoms with Crippen molar-refractivity contribution < 1.29 is 9.13 Å². The van der Waals surface area contributed by atoms with Crippen LogP contribution in [0.3, 0.4) is 0 Å². The Balaban J connectivity index is 1.96. The summed E-state index contributed by atoms with van der Waals surface area (Å²) in [7, 11) is 1.94. The minimum atomic E-state index is -0.365. The molecule has 1 saturated carbocycles. The number of nitriles is 1. The number of ether oxygens (including phenoxy) is 1. The summed E-state index contributed by atoms with van der Waals surface area (Å²) in [5.41, 5.74) is 0.853. The minimum absolute atomic E-state index is 0.147. The second-order valence-electron chi connectivity index (χ2n) is 4.95. The zero-order valence-corrected chi connectivity index (χ0v) is 11.2. The molecule has 102 valence electrons. The molecule has 1 aromatic rings. The average Bonchev–Trinajstić information content (AvgIpc) is 2.46. The van der Waals surface area contributed by atoms with Crippen molar-refractivity contribution in [2.75, 3.05) is 7.05 Å². The predicted octanol–water partition coefficient (Wildman–Crippen LogP) is 2.74. The molecule has 1 N–H and O–H groups in total. The van der Waals surface area contributed by atoms with Crippen LogP contribution in [-0.4, -0.2) is 19.2 Å². The normalized spacial score (nSPS) is 23.0. The van der Waals surface area contributed by atoms with Crippen LogP contribution in [0.2, 0.25) is 0 Å². The fourth-order valence-electron chi connectivity index (χ4n) is 2.56. The Morgan fingerprint density at radius 2 is 2.21 bits per heavy atom. The molecular formula is C15H19FN2O. The number of rotatable bonds is 4. The fraction of sp³-hybridized carbons (Fsp3) is 0.533. The van der Waals surface area contributed by atoms with Gasteiger partial charge in [0.1, 0.15) is 5.82 Å². The summed E-state index contributed by atoms with van der Waals surface area (Å²) in [5, 5.41) is 12.0. The molecule has 1 aliphatic carbocycles. The molecule has 0 spiro atoms. The van der Waals surface area contributed by atoms with Crippen LogP contribution >= 0.6 is 0 Å². The second-order valence-corrected chi connectivity index (χ2v) is 4.95. The maximum Gasteiger partial charge on any atom is 0.130 e. The lowest BCUT2D eigenvalue weighted by atomic mass is 9.92. The zero-order chi connectivity index (χ0) is 13.7. The van der Waals surface area contributed by atoms with Crippen LogP contribution < -0.4 is 5.32 Å². The molecule has 19 heavy (non-hydrogen) atoms. The van der Waals surface area contributed by atoms with Gasteiger partial charge >= 0.3 is 0 Å². The van der Waals surface area contributed by atoms with Crippen LogP contribution in [0.1, 0.15) is 36.8 Å². The Bertz CT molecular complexity index is 470. The Labute approximate surface area is 113 Å². The van der Waals surface area contributed by atoms with Gasteiger partial charge < -0.3 is 10.1 Å². The molecule has 0 saturated heterocycles. The minimum Gasteiger partial charge on any atom is -0.372 e. The zero-order valence-electron chi connectivity index (χ0n) is 11.2. The van der Waals surface area contributed by atoms with Crippen LogP contribution in [0.15, 0.2) is 18.2 Å². The van der Waals surface area contributed by atoms with Gasteiger partial charge in [-0.1, -0.05) is 18.9 Å². The van der Waals surface area contributed by atoms with E-state index in [1.165, 1.54) is 18.9 Å². The van der Waals surface area contributed by atoms with Crippen LogP contribution in [-0.2, 0) is 11.3 Å². The summed E-state index contributed by atoms with van der Waals surface area (Å²) in [5.74, 6) is -0.365. The first-order chi connectivity index (χ1) is 9.24. The molecule has 2 unspecified atom stereocenters. The molecule has 4 heteroatoms. The largest absolute Gasteiger partial charge is 0.372 e. The van der Waals surface area contributed by atoms with Crippen molar-refractivity contribution in [1.29, 1.82) is 5.26 Å². The predicted molar refractivity (Wildman–Crippen MR) is 71.0 cm³/mol. The van der Waals surface area contributed by atoms with Crippen LogP contribution in [0.4, 0.5) is 4.39 Å². The van der Waals surface area contributed by atoms with Gasteiger partial charge in [0.15, 0.2) is 0 Å². The molecule has 1 fully saturated rings. The third-order valence-electron chi connectivity index (χ3n) is 3.71. The monoisotopic (exact) mass is 262 g/mol. The highest BCUT2D eigenvalue weighted by atomic mass is 19.1. The van der Waals surface area contributed by atoms with Gasteiger partial charge in [0, 0.05) is 11.6 Å². The molecule has 2 atom stereocenters. The Kier molecular flexibility index (Phi) is 4.89. The number of hydrogen-bond acceptors (Lipinski definition) is 3. The highest BCUT2D eigenvalue weighted by Crippen LogP contribution is 2.22. The van der Waals surface area contributed by atoms with Gasteiger partial charge in [0.2, 0.25) is 0 Å². The fourth-order valence-corrected chi connectivity index (χ4v) is 2.56. The van der Waals surface area contributed by atoms with Gasteiger partial charge in [0.25, 0.3) is 0 Å². The average molecular weight is 262 g/mol. The first-order valence-electron chi connectivity index (χ1n) is 6.72. The summed E-state index contributed by atoms with van der Waals surface area (Å²) < 4.78 is 19.6. The topological polar surface area (TPSA) is 45.0 Å². The van der Waals surface area contributed by atoms with Gasteiger partial charge in [-0.25, -0.2) is 4.39 Å². The van der Waals surface area contributed by atoms with E-state index >= 15 is 0 Å². The lowest BCUT2D eigenvalue weighted by molar-refractivity contribution is -0.00470. The molecule has 1 aliphatic rings. The van der Waals surface area contributed by atoms with Crippen molar-refractivity contribution in [2.45, 2.75) is 44.4 Å². The standard InChI is InChI=1S/C15H19FN2O/c1-18-14-4-2-3-5-15(14)19-10-12-7-6-11(9-17)8-13(12)16/h6-8,14-15,18H,2-5,10H2,1H3. The summed E-state index contributed by atoms with van der Waals surface area (Å²) in [6, 6.07) is 6.79. The SMILES string of the molecule is CNC1CCCCC1OCc1ccc(C#N)cc1F. The molecule has 0 aliphatic heterocycles.